The molecule has 0 unspecified atom stereocenters. The van der Waals surface area contributed by atoms with Crippen LogP contribution in [0.3, 0.4) is 0 Å². The number of ether oxygens (including phenoxy) is 4. The van der Waals surface area contributed by atoms with Gasteiger partial charge in [-0.25, -0.2) is 5.43 Å². The Labute approximate surface area is 158 Å². The second-order valence-corrected chi connectivity index (χ2v) is 5.28. The Kier molecular flexibility index (Phi) is 7.25. The maximum Gasteiger partial charge on any atom is 0.271 e. The third-order valence-electron chi connectivity index (χ3n) is 3.55. The summed E-state index contributed by atoms with van der Waals surface area (Å²) in [4.78, 5) is 12.2. The fourth-order valence-electron chi connectivity index (χ4n) is 2.26. The van der Waals surface area contributed by atoms with E-state index in [9.17, 15) is 4.79 Å². The van der Waals surface area contributed by atoms with Crippen molar-refractivity contribution in [2.75, 3.05) is 27.9 Å². The lowest BCUT2D eigenvalue weighted by atomic mass is 10.2. The van der Waals surface area contributed by atoms with Gasteiger partial charge in [0.05, 0.1) is 27.5 Å². The third kappa shape index (κ3) is 5.24. The highest BCUT2D eigenvalue weighted by atomic mass is 16.5. The fourth-order valence-corrected chi connectivity index (χ4v) is 2.26. The van der Waals surface area contributed by atoms with Crippen molar-refractivity contribution in [3.8, 4) is 23.0 Å². The van der Waals surface area contributed by atoms with Crippen LogP contribution in [-0.2, 0) is 0 Å². The van der Waals surface area contributed by atoms with Crippen molar-refractivity contribution in [1.29, 1.82) is 0 Å². The fraction of sp³-hybridized carbons (Fsp3) is 0.200. The Bertz CT molecular complexity index is 791. The van der Waals surface area contributed by atoms with E-state index < -0.39 is 0 Å². The zero-order valence-electron chi connectivity index (χ0n) is 15.5. The molecule has 0 aromatic heterocycles. The van der Waals surface area contributed by atoms with Crippen LogP contribution in [0.2, 0.25) is 0 Å². The van der Waals surface area contributed by atoms with Crippen molar-refractivity contribution in [1.82, 2.24) is 5.43 Å². The van der Waals surface area contributed by atoms with Crippen LogP contribution in [0.1, 0.15) is 15.9 Å². The van der Waals surface area contributed by atoms with Crippen LogP contribution < -0.4 is 24.4 Å². The Morgan fingerprint density at radius 2 is 1.70 bits per heavy atom. The molecule has 1 N–H and O–H groups in total. The highest BCUT2D eigenvalue weighted by molar-refractivity contribution is 5.95. The van der Waals surface area contributed by atoms with E-state index in [0.29, 0.717) is 40.7 Å². The monoisotopic (exact) mass is 370 g/mol. The molecule has 7 nitrogen and oxygen atoms in total. The van der Waals surface area contributed by atoms with E-state index in [1.54, 1.807) is 42.5 Å². The summed E-state index contributed by atoms with van der Waals surface area (Å²) in [6.45, 7) is 3.99. The molecular weight excluding hydrogens is 348 g/mol. The molecule has 0 aliphatic rings. The van der Waals surface area contributed by atoms with Gasteiger partial charge >= 0.3 is 0 Å². The first-order valence-corrected chi connectivity index (χ1v) is 8.10. The Hall–Kier alpha value is -3.48. The second kappa shape index (κ2) is 9.86. The molecule has 0 saturated carbocycles. The van der Waals surface area contributed by atoms with Crippen molar-refractivity contribution in [3.63, 3.8) is 0 Å². The minimum Gasteiger partial charge on any atom is -0.493 e. The molecule has 2 rings (SSSR count). The van der Waals surface area contributed by atoms with Gasteiger partial charge in [0.25, 0.3) is 5.91 Å². The highest BCUT2D eigenvalue weighted by Crippen LogP contribution is 2.37. The third-order valence-corrected chi connectivity index (χ3v) is 3.55. The molecule has 2 aromatic rings. The maximum absolute atomic E-state index is 12.2. The number of hydrogen-bond acceptors (Lipinski definition) is 6. The minimum atomic E-state index is -0.339. The SMILES string of the molecule is C=CCOc1ccc(C(=O)N/N=C/c2cc(OC)c(OC)c(OC)c2)cc1. The smallest absolute Gasteiger partial charge is 0.271 e. The van der Waals surface area contributed by atoms with E-state index in [2.05, 4.69) is 17.1 Å². The topological polar surface area (TPSA) is 78.4 Å². The zero-order chi connectivity index (χ0) is 19.6. The van der Waals surface area contributed by atoms with E-state index in [0.717, 1.165) is 0 Å². The van der Waals surface area contributed by atoms with Gasteiger partial charge in [0, 0.05) is 11.1 Å². The van der Waals surface area contributed by atoms with Crippen LogP contribution in [0.5, 0.6) is 23.0 Å². The Morgan fingerprint density at radius 1 is 1.07 bits per heavy atom. The number of carbonyl (C=O) groups is 1. The summed E-state index contributed by atoms with van der Waals surface area (Å²) in [5.41, 5.74) is 3.61. The quantitative estimate of drug-likeness (QED) is 0.417. The van der Waals surface area contributed by atoms with Crippen molar-refractivity contribution in [2.24, 2.45) is 5.10 Å². The van der Waals surface area contributed by atoms with Gasteiger partial charge < -0.3 is 18.9 Å². The van der Waals surface area contributed by atoms with Crippen LogP contribution in [0.25, 0.3) is 0 Å². The summed E-state index contributed by atoms with van der Waals surface area (Å²) in [5.74, 6) is 1.81. The zero-order valence-corrected chi connectivity index (χ0v) is 15.5. The summed E-state index contributed by atoms with van der Waals surface area (Å²) >= 11 is 0. The summed E-state index contributed by atoms with van der Waals surface area (Å²) in [6.07, 6.45) is 3.14. The summed E-state index contributed by atoms with van der Waals surface area (Å²) in [5, 5.41) is 3.98. The number of benzene rings is 2. The Morgan fingerprint density at radius 3 is 2.22 bits per heavy atom. The van der Waals surface area contributed by atoms with Gasteiger partial charge in [-0.3, -0.25) is 4.79 Å². The normalized spacial score (nSPS) is 10.3. The molecule has 0 heterocycles. The number of methoxy groups -OCH3 is 3. The van der Waals surface area contributed by atoms with Crippen molar-refractivity contribution in [3.05, 3.63) is 60.2 Å². The number of rotatable bonds is 9. The van der Waals surface area contributed by atoms with E-state index >= 15 is 0 Å². The molecule has 1 amide bonds. The first kappa shape index (κ1) is 19.8. The number of hydrogen-bond donors (Lipinski definition) is 1. The predicted molar refractivity (Wildman–Crippen MR) is 103 cm³/mol. The number of nitrogens with one attached hydrogen (secondary N) is 1. The van der Waals surface area contributed by atoms with Crippen LogP contribution in [0.15, 0.2) is 54.2 Å². The number of hydrazone groups is 1. The molecule has 0 bridgehead atoms. The molecule has 7 heteroatoms. The van der Waals surface area contributed by atoms with Crippen LogP contribution >= 0.6 is 0 Å². The van der Waals surface area contributed by atoms with E-state index in [1.165, 1.54) is 27.5 Å². The van der Waals surface area contributed by atoms with Crippen LogP contribution in [-0.4, -0.2) is 40.1 Å². The van der Waals surface area contributed by atoms with Crippen LogP contribution in [0, 0.1) is 0 Å². The highest BCUT2D eigenvalue weighted by Gasteiger charge is 2.12. The molecule has 0 saturated heterocycles. The van der Waals surface area contributed by atoms with Gasteiger partial charge in [0.2, 0.25) is 5.75 Å². The predicted octanol–water partition coefficient (Wildman–Crippen LogP) is 3.04. The van der Waals surface area contributed by atoms with Gasteiger partial charge in [0.15, 0.2) is 11.5 Å². The summed E-state index contributed by atoms with van der Waals surface area (Å²) in [6, 6.07) is 10.2. The molecule has 0 aliphatic carbocycles. The van der Waals surface area contributed by atoms with Gasteiger partial charge in [0.1, 0.15) is 12.4 Å². The molecule has 0 radical (unpaired) electrons. The van der Waals surface area contributed by atoms with Crippen molar-refractivity contribution >= 4 is 12.1 Å². The second-order valence-electron chi connectivity index (χ2n) is 5.28. The Balaban J connectivity index is 2.06. The van der Waals surface area contributed by atoms with E-state index in [1.807, 2.05) is 0 Å². The van der Waals surface area contributed by atoms with E-state index in [4.69, 9.17) is 18.9 Å². The van der Waals surface area contributed by atoms with Crippen molar-refractivity contribution in [2.45, 2.75) is 0 Å². The lowest BCUT2D eigenvalue weighted by Gasteiger charge is -2.12. The maximum atomic E-state index is 12.2. The van der Waals surface area contributed by atoms with Gasteiger partial charge in [-0.1, -0.05) is 12.7 Å². The molecule has 27 heavy (non-hydrogen) atoms. The molecule has 2 aromatic carbocycles. The molecule has 142 valence electrons. The lowest BCUT2D eigenvalue weighted by molar-refractivity contribution is 0.0955. The molecule has 0 aliphatic heterocycles. The molecule has 0 fully saturated rings. The first-order chi connectivity index (χ1) is 13.1. The number of carbonyl (C=O) groups excluding carboxylic acids is 1. The summed E-state index contributed by atoms with van der Waals surface area (Å²) in [7, 11) is 4.59. The average Bonchev–Trinajstić information content (AvgIpc) is 2.71. The van der Waals surface area contributed by atoms with Gasteiger partial charge in [-0.05, 0) is 36.4 Å². The van der Waals surface area contributed by atoms with Crippen LogP contribution in [0.4, 0.5) is 0 Å². The first-order valence-electron chi connectivity index (χ1n) is 8.10. The molecular formula is C20H22N2O5. The average molecular weight is 370 g/mol. The standard InChI is InChI=1S/C20H22N2O5/c1-5-10-27-16-8-6-15(7-9-16)20(23)22-21-13-14-11-17(24-2)19(26-4)18(12-14)25-3/h5-9,11-13H,1,10H2,2-4H3,(H,22,23)/b21-13+. The minimum absolute atomic E-state index is 0.339. The van der Waals surface area contributed by atoms with Gasteiger partial charge in [-0.15, -0.1) is 0 Å². The number of amides is 1. The molecule has 0 spiro atoms. The van der Waals surface area contributed by atoms with E-state index in [-0.39, 0.29) is 5.91 Å². The lowest BCUT2D eigenvalue weighted by Crippen LogP contribution is -2.17. The number of nitrogens with zero attached hydrogens (tertiary/aromatic N) is 1. The largest absolute Gasteiger partial charge is 0.493 e. The van der Waals surface area contributed by atoms with Gasteiger partial charge in [-0.2, -0.15) is 5.10 Å². The summed E-state index contributed by atoms with van der Waals surface area (Å²) < 4.78 is 21.2. The molecule has 0 atom stereocenters. The van der Waals surface area contributed by atoms with Crippen molar-refractivity contribution < 1.29 is 23.7 Å².